The number of nitrogens with zero attached hydrogens (tertiary/aromatic N) is 2. The van der Waals surface area contributed by atoms with Crippen LogP contribution < -0.4 is 5.32 Å². The molecular formula is C17H25N3. The van der Waals surface area contributed by atoms with Crippen molar-refractivity contribution < 1.29 is 0 Å². The van der Waals surface area contributed by atoms with Gasteiger partial charge in [0.1, 0.15) is 0 Å². The number of benzene rings is 1. The fourth-order valence-corrected chi connectivity index (χ4v) is 2.29. The third-order valence-corrected chi connectivity index (χ3v) is 3.59. The standard InChI is InChI=1S/C17H25N3/c1-4-10-18-17(14(2)3)13-20-12-16(11-19-20)15-8-6-5-7-9-15/h5-9,11-12,14,17-18H,4,10,13H2,1-3H3. The quantitative estimate of drug-likeness (QED) is 0.834. The second kappa shape index (κ2) is 7.25. The van der Waals surface area contributed by atoms with Crippen LogP contribution in [0.1, 0.15) is 27.2 Å². The van der Waals surface area contributed by atoms with E-state index in [2.05, 4.69) is 66.3 Å². The van der Waals surface area contributed by atoms with Crippen molar-refractivity contribution >= 4 is 0 Å². The Kier molecular flexibility index (Phi) is 5.36. The van der Waals surface area contributed by atoms with Crippen LogP contribution in [0.5, 0.6) is 0 Å². The molecule has 0 aliphatic carbocycles. The maximum Gasteiger partial charge on any atom is 0.0568 e. The molecule has 2 rings (SSSR count). The van der Waals surface area contributed by atoms with Crippen molar-refractivity contribution in [3.05, 3.63) is 42.7 Å². The molecule has 1 heterocycles. The summed E-state index contributed by atoms with van der Waals surface area (Å²) in [5.41, 5.74) is 2.41. The zero-order chi connectivity index (χ0) is 14.4. The first-order valence-electron chi connectivity index (χ1n) is 7.52. The molecule has 0 amide bonds. The fourth-order valence-electron chi connectivity index (χ4n) is 2.29. The summed E-state index contributed by atoms with van der Waals surface area (Å²) in [4.78, 5) is 0. The van der Waals surface area contributed by atoms with E-state index in [1.165, 1.54) is 11.1 Å². The van der Waals surface area contributed by atoms with Gasteiger partial charge in [0.2, 0.25) is 0 Å². The van der Waals surface area contributed by atoms with E-state index in [1.54, 1.807) is 0 Å². The molecule has 0 aliphatic rings. The van der Waals surface area contributed by atoms with Gasteiger partial charge in [-0.25, -0.2) is 0 Å². The molecule has 20 heavy (non-hydrogen) atoms. The predicted molar refractivity (Wildman–Crippen MR) is 84.6 cm³/mol. The highest BCUT2D eigenvalue weighted by atomic mass is 15.3. The molecule has 3 nitrogen and oxygen atoms in total. The van der Waals surface area contributed by atoms with E-state index < -0.39 is 0 Å². The largest absolute Gasteiger partial charge is 0.312 e. The van der Waals surface area contributed by atoms with Gasteiger partial charge in [-0.2, -0.15) is 5.10 Å². The lowest BCUT2D eigenvalue weighted by Crippen LogP contribution is -2.38. The molecule has 1 unspecified atom stereocenters. The zero-order valence-corrected chi connectivity index (χ0v) is 12.7. The van der Waals surface area contributed by atoms with Gasteiger partial charge >= 0.3 is 0 Å². The third-order valence-electron chi connectivity index (χ3n) is 3.59. The van der Waals surface area contributed by atoms with E-state index in [0.29, 0.717) is 12.0 Å². The molecule has 108 valence electrons. The summed E-state index contributed by atoms with van der Waals surface area (Å²) < 4.78 is 2.05. The molecule has 0 aliphatic heterocycles. The smallest absolute Gasteiger partial charge is 0.0568 e. The molecule has 0 radical (unpaired) electrons. The molecule has 0 saturated carbocycles. The summed E-state index contributed by atoms with van der Waals surface area (Å²) >= 11 is 0. The molecular weight excluding hydrogens is 246 g/mol. The molecule has 1 atom stereocenters. The van der Waals surface area contributed by atoms with Crippen LogP contribution in [0.2, 0.25) is 0 Å². The first-order valence-corrected chi connectivity index (χ1v) is 7.52. The van der Waals surface area contributed by atoms with Crippen LogP contribution in [0.25, 0.3) is 11.1 Å². The van der Waals surface area contributed by atoms with E-state index in [9.17, 15) is 0 Å². The zero-order valence-electron chi connectivity index (χ0n) is 12.7. The van der Waals surface area contributed by atoms with Gasteiger partial charge < -0.3 is 5.32 Å². The summed E-state index contributed by atoms with van der Waals surface area (Å²) in [5.74, 6) is 0.603. The van der Waals surface area contributed by atoms with E-state index in [4.69, 9.17) is 0 Å². The maximum absolute atomic E-state index is 4.50. The van der Waals surface area contributed by atoms with E-state index in [0.717, 1.165) is 19.5 Å². The summed E-state index contributed by atoms with van der Waals surface area (Å²) in [6.07, 6.45) is 5.25. The fraction of sp³-hybridized carbons (Fsp3) is 0.471. The Morgan fingerprint density at radius 1 is 1.15 bits per heavy atom. The SMILES string of the molecule is CCCNC(Cn1cc(-c2ccccc2)cn1)C(C)C. The van der Waals surface area contributed by atoms with Crippen LogP contribution in [-0.2, 0) is 6.54 Å². The normalized spacial score (nSPS) is 12.8. The Morgan fingerprint density at radius 2 is 1.90 bits per heavy atom. The number of hydrogen-bond donors (Lipinski definition) is 1. The first kappa shape index (κ1) is 14.8. The van der Waals surface area contributed by atoms with Crippen molar-refractivity contribution in [1.82, 2.24) is 15.1 Å². The first-order chi connectivity index (χ1) is 9.70. The molecule has 0 spiro atoms. The van der Waals surface area contributed by atoms with E-state index >= 15 is 0 Å². The van der Waals surface area contributed by atoms with Crippen LogP contribution in [0.3, 0.4) is 0 Å². The summed E-state index contributed by atoms with van der Waals surface area (Å²) in [6.45, 7) is 8.70. The van der Waals surface area contributed by atoms with Crippen LogP contribution in [0.15, 0.2) is 42.7 Å². The van der Waals surface area contributed by atoms with Crippen molar-refractivity contribution in [3.8, 4) is 11.1 Å². The Labute approximate surface area is 122 Å². The second-order valence-electron chi connectivity index (χ2n) is 5.62. The van der Waals surface area contributed by atoms with Gasteiger partial charge in [0.15, 0.2) is 0 Å². The van der Waals surface area contributed by atoms with Crippen molar-refractivity contribution in [2.24, 2.45) is 5.92 Å². The average Bonchev–Trinajstić information content (AvgIpc) is 2.92. The molecule has 0 fully saturated rings. The summed E-state index contributed by atoms with van der Waals surface area (Å²) in [5, 5.41) is 8.11. The van der Waals surface area contributed by atoms with Crippen LogP contribution in [0, 0.1) is 5.92 Å². The predicted octanol–water partition coefficient (Wildman–Crippen LogP) is 3.57. The Morgan fingerprint density at radius 3 is 2.55 bits per heavy atom. The summed E-state index contributed by atoms with van der Waals surface area (Å²) in [6, 6.07) is 10.9. The molecule has 1 aromatic carbocycles. The Balaban J connectivity index is 2.04. The highest BCUT2D eigenvalue weighted by Gasteiger charge is 2.13. The van der Waals surface area contributed by atoms with Crippen molar-refractivity contribution in [2.75, 3.05) is 6.54 Å². The molecule has 1 N–H and O–H groups in total. The molecule has 0 saturated heterocycles. The number of hydrogen-bond acceptors (Lipinski definition) is 2. The molecule has 2 aromatic rings. The van der Waals surface area contributed by atoms with Gasteiger partial charge in [-0.3, -0.25) is 4.68 Å². The topological polar surface area (TPSA) is 29.9 Å². The van der Waals surface area contributed by atoms with Crippen LogP contribution in [-0.4, -0.2) is 22.4 Å². The van der Waals surface area contributed by atoms with E-state index in [-0.39, 0.29) is 0 Å². The van der Waals surface area contributed by atoms with Crippen LogP contribution in [0.4, 0.5) is 0 Å². The lowest BCUT2D eigenvalue weighted by molar-refractivity contribution is 0.343. The summed E-state index contributed by atoms with van der Waals surface area (Å²) in [7, 11) is 0. The third kappa shape index (κ3) is 3.94. The minimum Gasteiger partial charge on any atom is -0.312 e. The minimum atomic E-state index is 0.471. The van der Waals surface area contributed by atoms with Gasteiger partial charge in [-0.1, -0.05) is 51.1 Å². The lowest BCUT2D eigenvalue weighted by atomic mass is 10.0. The van der Waals surface area contributed by atoms with Crippen molar-refractivity contribution in [2.45, 2.75) is 39.8 Å². The molecule has 0 bridgehead atoms. The Bertz CT molecular complexity index is 502. The number of nitrogens with one attached hydrogen (secondary N) is 1. The van der Waals surface area contributed by atoms with E-state index in [1.807, 2.05) is 12.3 Å². The van der Waals surface area contributed by atoms with Gasteiger partial charge in [-0.15, -0.1) is 0 Å². The second-order valence-corrected chi connectivity index (χ2v) is 5.62. The van der Waals surface area contributed by atoms with Gasteiger partial charge in [0.05, 0.1) is 12.7 Å². The highest BCUT2D eigenvalue weighted by molar-refractivity contribution is 5.61. The van der Waals surface area contributed by atoms with Crippen molar-refractivity contribution in [1.29, 1.82) is 0 Å². The van der Waals surface area contributed by atoms with Gasteiger partial charge in [-0.05, 0) is 24.4 Å². The van der Waals surface area contributed by atoms with Gasteiger partial charge in [0.25, 0.3) is 0 Å². The van der Waals surface area contributed by atoms with Crippen molar-refractivity contribution in [3.63, 3.8) is 0 Å². The minimum absolute atomic E-state index is 0.471. The average molecular weight is 271 g/mol. The molecule has 1 aromatic heterocycles. The van der Waals surface area contributed by atoms with Crippen LogP contribution >= 0.6 is 0 Å². The van der Waals surface area contributed by atoms with Gasteiger partial charge in [0, 0.05) is 17.8 Å². The molecule has 3 heteroatoms. The number of rotatable bonds is 7. The Hall–Kier alpha value is -1.61. The highest BCUT2D eigenvalue weighted by Crippen LogP contribution is 2.18. The maximum atomic E-state index is 4.50. The lowest BCUT2D eigenvalue weighted by Gasteiger charge is -2.22. The number of aromatic nitrogens is 2. The monoisotopic (exact) mass is 271 g/mol.